The third kappa shape index (κ3) is 6.39. The normalized spacial score (nSPS) is 23.2. The number of amidine groups is 1. The molecule has 4 rings (SSSR count). The third-order valence-electron chi connectivity index (χ3n) is 5.90. The fraction of sp³-hybridized carbons (Fsp3) is 0.435. The number of benzene rings is 1. The summed E-state index contributed by atoms with van der Waals surface area (Å²) in [7, 11) is 0. The predicted molar refractivity (Wildman–Crippen MR) is 134 cm³/mol. The minimum atomic E-state index is -4.29. The summed E-state index contributed by atoms with van der Waals surface area (Å²) in [5.41, 5.74) is -1.06. The van der Waals surface area contributed by atoms with Crippen LogP contribution in [0, 0.1) is 6.92 Å². The van der Waals surface area contributed by atoms with Crippen molar-refractivity contribution < 1.29 is 13.2 Å². The maximum absolute atomic E-state index is 12.7. The number of aliphatic imine (C=N–C) groups is 1. The first-order valence-electron chi connectivity index (χ1n) is 11.1. The molecule has 1 aromatic carbocycles. The molecule has 2 unspecified atom stereocenters. The highest BCUT2D eigenvalue weighted by Crippen LogP contribution is 2.38. The Balaban J connectivity index is 1.40. The summed E-state index contributed by atoms with van der Waals surface area (Å²) < 4.78 is 42.2. The summed E-state index contributed by atoms with van der Waals surface area (Å²) in [6.45, 7) is 6.81. The average molecular weight is 509 g/mol. The van der Waals surface area contributed by atoms with Crippen LogP contribution in [0.4, 0.5) is 18.2 Å². The predicted octanol–water partition coefficient (Wildman–Crippen LogP) is 5.96. The number of anilines is 1. The molecule has 2 fully saturated rings. The van der Waals surface area contributed by atoms with Crippen LogP contribution in [0.2, 0.25) is 0 Å². The van der Waals surface area contributed by atoms with E-state index in [4.69, 9.17) is 4.99 Å². The zero-order valence-corrected chi connectivity index (χ0v) is 20.4. The molecule has 2 aromatic rings. The molecule has 1 aliphatic carbocycles. The second kappa shape index (κ2) is 10.9. The van der Waals surface area contributed by atoms with Gasteiger partial charge in [-0.15, -0.1) is 0 Å². The number of hydrogen-bond acceptors (Lipinski definition) is 7. The number of aromatic nitrogens is 1. The summed E-state index contributed by atoms with van der Waals surface area (Å²) >= 11 is 1.34. The maximum atomic E-state index is 12.7. The average Bonchev–Trinajstić information content (AvgIpc) is 3.20. The zero-order valence-electron chi connectivity index (χ0n) is 18.8. The minimum absolute atomic E-state index is 0.0291. The summed E-state index contributed by atoms with van der Waals surface area (Å²) in [6, 6.07) is 8.83. The van der Waals surface area contributed by atoms with Crippen LogP contribution in [0.1, 0.15) is 42.9 Å². The summed E-state index contributed by atoms with van der Waals surface area (Å²) in [5.74, 6) is 0.770. The second-order valence-corrected chi connectivity index (χ2v) is 10.2. The highest BCUT2D eigenvalue weighted by molar-refractivity contribution is 8.00. The fourth-order valence-electron chi connectivity index (χ4n) is 4.11. The standard InChI is InChI=1S/C23H27F3N6S2/c1-15-12-21(34-31-15)28-13-17-7-10-20(17)29-14-30-22-19(4-3-11-32(22)27-2)16-5-8-18(9-6-16)33-23(24,25)26/h5-6,8-9,12-13,19-20,28-29H,2-4,7,10-11,14H2,1H3/b17-13+,30-22-. The zero-order chi connectivity index (χ0) is 24.1. The van der Waals surface area contributed by atoms with E-state index in [1.54, 1.807) is 17.1 Å². The van der Waals surface area contributed by atoms with Crippen LogP contribution in [0.5, 0.6) is 0 Å². The SMILES string of the molecule is C=NN1CCCC(c2ccc(SC(F)(F)F)cc2)/C1=N/CNC1CC/C1=C\Nc1cc(C)ns1. The van der Waals surface area contributed by atoms with Gasteiger partial charge in [-0.05, 0) is 85.2 Å². The van der Waals surface area contributed by atoms with Crippen molar-refractivity contribution >= 4 is 40.8 Å². The third-order valence-corrected chi connectivity index (χ3v) is 7.45. The topological polar surface area (TPSA) is 64.9 Å². The van der Waals surface area contributed by atoms with Gasteiger partial charge in [0.05, 0.1) is 12.4 Å². The summed E-state index contributed by atoms with van der Waals surface area (Å²) in [4.78, 5) is 4.99. The van der Waals surface area contributed by atoms with Crippen molar-refractivity contribution in [2.24, 2.45) is 10.1 Å². The fourth-order valence-corrected chi connectivity index (χ4v) is 5.28. The number of hydrazone groups is 1. The number of thioether (sulfide) groups is 1. The van der Waals surface area contributed by atoms with Gasteiger partial charge in [-0.25, -0.2) is 0 Å². The quantitative estimate of drug-likeness (QED) is 0.340. The molecule has 1 saturated heterocycles. The second-order valence-electron chi connectivity index (χ2n) is 8.24. The van der Waals surface area contributed by atoms with E-state index in [0.29, 0.717) is 6.67 Å². The van der Waals surface area contributed by atoms with Crippen LogP contribution in [0.25, 0.3) is 0 Å². The van der Waals surface area contributed by atoms with Crippen LogP contribution in [-0.4, -0.2) is 46.7 Å². The summed E-state index contributed by atoms with van der Waals surface area (Å²) in [6.07, 6.45) is 5.90. The van der Waals surface area contributed by atoms with Crippen LogP contribution in [0.3, 0.4) is 0 Å². The Bertz CT molecular complexity index is 1050. The van der Waals surface area contributed by atoms with Crippen LogP contribution >= 0.6 is 23.3 Å². The van der Waals surface area contributed by atoms with E-state index in [-0.39, 0.29) is 28.6 Å². The summed E-state index contributed by atoms with van der Waals surface area (Å²) in [5, 5.41) is 13.8. The molecule has 1 saturated carbocycles. The molecule has 0 spiro atoms. The number of piperidine rings is 1. The lowest BCUT2D eigenvalue weighted by Crippen LogP contribution is -2.41. The van der Waals surface area contributed by atoms with Gasteiger partial charge in [0.1, 0.15) is 10.8 Å². The monoisotopic (exact) mass is 508 g/mol. The highest BCUT2D eigenvalue weighted by Gasteiger charge is 2.31. The lowest BCUT2D eigenvalue weighted by atomic mass is 9.87. The van der Waals surface area contributed by atoms with Crippen LogP contribution in [0.15, 0.2) is 57.1 Å². The Morgan fingerprint density at radius 1 is 1.29 bits per heavy atom. The molecule has 2 N–H and O–H groups in total. The van der Waals surface area contributed by atoms with Gasteiger partial charge in [-0.3, -0.25) is 15.3 Å². The van der Waals surface area contributed by atoms with Gasteiger partial charge in [-0.2, -0.15) is 22.6 Å². The number of halogens is 3. The van der Waals surface area contributed by atoms with E-state index in [1.165, 1.54) is 29.2 Å². The number of alkyl halides is 3. The number of hydrogen-bond donors (Lipinski definition) is 2. The van der Waals surface area contributed by atoms with Gasteiger partial charge in [0.2, 0.25) is 0 Å². The molecule has 2 heterocycles. The Hall–Kier alpha value is -2.37. The molecule has 0 radical (unpaired) electrons. The van der Waals surface area contributed by atoms with E-state index < -0.39 is 5.51 Å². The molecule has 34 heavy (non-hydrogen) atoms. The number of rotatable bonds is 8. The molecule has 11 heteroatoms. The highest BCUT2D eigenvalue weighted by atomic mass is 32.2. The van der Waals surface area contributed by atoms with E-state index in [2.05, 4.69) is 26.8 Å². The van der Waals surface area contributed by atoms with Crippen molar-refractivity contribution in [1.29, 1.82) is 0 Å². The Labute approximate surface area is 205 Å². The van der Waals surface area contributed by atoms with Crippen molar-refractivity contribution in [1.82, 2.24) is 14.7 Å². The van der Waals surface area contributed by atoms with Crippen molar-refractivity contribution in [2.75, 3.05) is 18.5 Å². The first-order valence-corrected chi connectivity index (χ1v) is 12.7. The first kappa shape index (κ1) is 24.7. The molecule has 1 aliphatic heterocycles. The molecule has 6 nitrogen and oxygen atoms in total. The smallest absolute Gasteiger partial charge is 0.352 e. The lowest BCUT2D eigenvalue weighted by Gasteiger charge is -2.34. The first-order chi connectivity index (χ1) is 16.3. The van der Waals surface area contributed by atoms with E-state index in [9.17, 15) is 13.2 Å². The van der Waals surface area contributed by atoms with Gasteiger partial charge in [0, 0.05) is 36.3 Å². The molecular weight excluding hydrogens is 481 g/mol. The van der Waals surface area contributed by atoms with E-state index in [0.717, 1.165) is 54.3 Å². The maximum Gasteiger partial charge on any atom is 0.446 e. The number of nitrogens with one attached hydrogen (secondary N) is 2. The van der Waals surface area contributed by atoms with Crippen molar-refractivity contribution in [3.8, 4) is 0 Å². The molecular formula is C23H27F3N6S2. The molecule has 182 valence electrons. The number of aryl methyl sites for hydroxylation is 1. The molecule has 2 atom stereocenters. The van der Waals surface area contributed by atoms with Crippen molar-refractivity contribution in [3.63, 3.8) is 0 Å². The molecule has 0 amide bonds. The minimum Gasteiger partial charge on any atom is -0.352 e. The van der Waals surface area contributed by atoms with E-state index in [1.807, 2.05) is 19.2 Å². The van der Waals surface area contributed by atoms with Gasteiger partial charge in [0.15, 0.2) is 0 Å². The van der Waals surface area contributed by atoms with Crippen LogP contribution in [-0.2, 0) is 0 Å². The Morgan fingerprint density at radius 2 is 2.09 bits per heavy atom. The van der Waals surface area contributed by atoms with Gasteiger partial charge >= 0.3 is 5.51 Å². The van der Waals surface area contributed by atoms with Crippen LogP contribution < -0.4 is 10.6 Å². The van der Waals surface area contributed by atoms with Crippen molar-refractivity contribution in [2.45, 2.75) is 55.0 Å². The molecule has 1 aromatic heterocycles. The van der Waals surface area contributed by atoms with Gasteiger partial charge in [-0.1, -0.05) is 12.1 Å². The molecule has 2 aliphatic rings. The van der Waals surface area contributed by atoms with Crippen molar-refractivity contribution in [3.05, 3.63) is 53.4 Å². The number of nitrogens with zero attached hydrogens (tertiary/aromatic N) is 4. The Kier molecular flexibility index (Phi) is 7.95. The Morgan fingerprint density at radius 3 is 2.71 bits per heavy atom. The lowest BCUT2D eigenvalue weighted by molar-refractivity contribution is -0.0328. The van der Waals surface area contributed by atoms with E-state index >= 15 is 0 Å². The molecule has 0 bridgehead atoms. The largest absolute Gasteiger partial charge is 0.446 e. The van der Waals surface area contributed by atoms with Gasteiger partial charge in [0.25, 0.3) is 0 Å². The van der Waals surface area contributed by atoms with Gasteiger partial charge < -0.3 is 5.32 Å².